The van der Waals surface area contributed by atoms with Crippen molar-refractivity contribution in [1.82, 2.24) is 10.2 Å². The fraction of sp³-hybridized carbons (Fsp3) is 0.775. The number of fused-ring (bicyclic) bond motifs is 7. The Labute approximate surface area is 319 Å². The number of nitrogens with one attached hydrogen (secondary N) is 1. The van der Waals surface area contributed by atoms with Crippen molar-refractivity contribution in [2.24, 2.45) is 28.5 Å². The van der Waals surface area contributed by atoms with E-state index in [1.165, 1.54) is 6.92 Å². The van der Waals surface area contributed by atoms with Crippen molar-refractivity contribution < 1.29 is 29.3 Å². The number of hydrogen-bond donors (Lipinski definition) is 4. The van der Waals surface area contributed by atoms with Gasteiger partial charge in [-0.15, -0.1) is 0 Å². The van der Waals surface area contributed by atoms with Crippen LogP contribution in [0, 0.1) is 17.8 Å². The number of benzene rings is 1. The summed E-state index contributed by atoms with van der Waals surface area (Å²) in [4.78, 5) is 32.5. The lowest BCUT2D eigenvalue weighted by Crippen LogP contribution is -2.37. The molecule has 6 atom stereocenters. The van der Waals surface area contributed by atoms with Crippen molar-refractivity contribution in [3.05, 3.63) is 22.8 Å². The smallest absolute Gasteiger partial charge is 0.302 e. The second kappa shape index (κ2) is 20.4. The number of nitrogens with zero attached hydrogens (tertiary/aromatic N) is 2. The summed E-state index contributed by atoms with van der Waals surface area (Å²) >= 11 is 0. The van der Waals surface area contributed by atoms with Crippen molar-refractivity contribution in [1.29, 1.82) is 0 Å². The number of aliphatic imine (C=N–C) groups is 1. The van der Waals surface area contributed by atoms with E-state index in [0.717, 1.165) is 93.9 Å². The van der Waals surface area contributed by atoms with Crippen LogP contribution in [0.25, 0.3) is 0 Å². The third-order valence-corrected chi connectivity index (χ3v) is 13.7. The van der Waals surface area contributed by atoms with Crippen LogP contribution in [0.1, 0.15) is 134 Å². The molecule has 3 aliphatic heterocycles. The van der Waals surface area contributed by atoms with Gasteiger partial charge in [-0.25, -0.2) is 4.99 Å². The number of phenolic OH excluding ortho intramolecular Hbond substituents is 1. The zero-order chi connectivity index (χ0) is 37.0. The predicted octanol–water partition coefficient (Wildman–Crippen LogP) is 7.25. The Kier molecular flexibility index (Phi) is 16.0. The summed E-state index contributed by atoms with van der Waals surface area (Å²) in [6.45, 7) is 6.84. The monoisotopic (exact) mass is 760 g/mol. The van der Waals surface area contributed by atoms with Gasteiger partial charge in [-0.05, 0) is 106 Å². The number of ether oxygens (including phenoxy) is 2. The van der Waals surface area contributed by atoms with E-state index in [1.807, 2.05) is 15.7 Å². The minimum atomic E-state index is -0.545. The molecule has 1 aliphatic carbocycles. The summed E-state index contributed by atoms with van der Waals surface area (Å²) < 4.78 is 12.5. The number of rotatable bonds is 4. The Morgan fingerprint density at radius 2 is 1.88 bits per heavy atom. The summed E-state index contributed by atoms with van der Waals surface area (Å²) in [5.74, 6) is 3.73. The van der Waals surface area contributed by atoms with Gasteiger partial charge < -0.3 is 35.6 Å². The van der Waals surface area contributed by atoms with Gasteiger partial charge in [-0.2, -0.15) is 0 Å². The molecule has 4 aliphatic rings. The molecule has 0 unspecified atom stereocenters. The lowest BCUT2D eigenvalue weighted by atomic mass is 9.89. The van der Waals surface area contributed by atoms with Crippen molar-refractivity contribution in [2.75, 3.05) is 18.2 Å². The van der Waals surface area contributed by atoms with Crippen LogP contribution in [0.2, 0.25) is 0 Å². The molecule has 3 heterocycles. The van der Waals surface area contributed by atoms with Gasteiger partial charge in [0.2, 0.25) is 5.91 Å². The first-order valence-corrected chi connectivity index (χ1v) is 22.5. The second-order valence-corrected chi connectivity index (χ2v) is 18.5. The number of aromatic hydroxyl groups is 1. The molecule has 0 aromatic heterocycles. The van der Waals surface area contributed by atoms with Crippen LogP contribution >= 0.6 is 21.6 Å². The molecule has 4 bridgehead atoms. The largest absolute Gasteiger partial charge is 0.504 e. The van der Waals surface area contributed by atoms with Gasteiger partial charge >= 0.3 is 5.97 Å². The number of nitrogens with two attached hydrogens (primary N) is 1. The zero-order valence-corrected chi connectivity index (χ0v) is 33.4. The maximum absolute atomic E-state index is 13.8. The standard InChI is InChI=1S/C40H64N4O6S2/c1-26(2)12-17-35-30-18-19-42-40(41)43-25-52-51-20-7-5-4-6-10-32(46)23-33(49-27(3)45)15-13-29-21-31(24-44(35)37(47)22-30)38(48)39-34(29)16-14-28-9-8-11-36(28)50-39/h21,26,28,30,32-33,35-36,46,48H,4-20,22-25H2,1-3H3,(H3,41,42,43)/t28-,30+,32+,33-,35-,36+/m1/s1. The van der Waals surface area contributed by atoms with Crippen LogP contribution in [0.4, 0.5) is 0 Å². The molecule has 1 saturated carbocycles. The van der Waals surface area contributed by atoms with Crippen molar-refractivity contribution in [3.8, 4) is 11.5 Å². The molecule has 292 valence electrons. The SMILES string of the molecule is CC(=O)O[C@@H]1CCc2cc(c(O)c3c2CC[C@H]2CCC[C@@H]2O3)CN2C(=O)C[C@H](CCNC(N)=NCSSCCCCCC[C@H](O)C1)[C@H]2CCC(C)C. The lowest BCUT2D eigenvalue weighted by molar-refractivity contribution is -0.148. The molecule has 1 amide bonds. The molecule has 52 heavy (non-hydrogen) atoms. The Bertz CT molecular complexity index is 1360. The highest BCUT2D eigenvalue weighted by Crippen LogP contribution is 2.46. The van der Waals surface area contributed by atoms with E-state index < -0.39 is 12.2 Å². The predicted molar refractivity (Wildman–Crippen MR) is 211 cm³/mol. The highest BCUT2D eigenvalue weighted by molar-refractivity contribution is 8.76. The molecule has 5 N–H and O–H groups in total. The highest BCUT2D eigenvalue weighted by Gasteiger charge is 2.40. The third kappa shape index (κ3) is 11.8. The zero-order valence-electron chi connectivity index (χ0n) is 31.8. The number of aliphatic hydroxyl groups excluding tert-OH is 1. The van der Waals surface area contributed by atoms with Crippen molar-refractivity contribution >= 4 is 39.4 Å². The average molecular weight is 761 g/mol. The number of phenols is 1. The van der Waals surface area contributed by atoms with Gasteiger partial charge in [0.05, 0.1) is 12.0 Å². The molecular formula is C40H64N4O6S2. The number of amides is 1. The third-order valence-electron chi connectivity index (χ3n) is 11.5. The number of hydrogen-bond acceptors (Lipinski definition) is 11. The molecule has 5 rings (SSSR count). The van der Waals surface area contributed by atoms with Gasteiger partial charge in [0.1, 0.15) is 12.2 Å². The number of esters is 1. The van der Waals surface area contributed by atoms with Crippen LogP contribution < -0.4 is 15.8 Å². The molecule has 1 aromatic rings. The Morgan fingerprint density at radius 3 is 2.69 bits per heavy atom. The first-order valence-electron chi connectivity index (χ1n) is 20.0. The minimum absolute atomic E-state index is 0.0528. The molecule has 12 heteroatoms. The second-order valence-electron chi connectivity index (χ2n) is 16.0. The van der Waals surface area contributed by atoms with Crippen molar-refractivity contribution in [3.63, 3.8) is 0 Å². The number of aryl methyl sites for hydroxylation is 1. The minimum Gasteiger partial charge on any atom is -0.504 e. The average Bonchev–Trinajstić information content (AvgIpc) is 3.60. The molecule has 0 radical (unpaired) electrons. The van der Waals surface area contributed by atoms with Gasteiger partial charge in [0.15, 0.2) is 17.5 Å². The molecule has 2 fully saturated rings. The van der Waals surface area contributed by atoms with E-state index in [0.29, 0.717) is 80.2 Å². The van der Waals surface area contributed by atoms with E-state index in [9.17, 15) is 19.8 Å². The fourth-order valence-corrected chi connectivity index (χ4v) is 10.5. The summed E-state index contributed by atoms with van der Waals surface area (Å²) in [6.07, 6.45) is 13.9. The Balaban J connectivity index is 1.44. The summed E-state index contributed by atoms with van der Waals surface area (Å²) in [6, 6.07) is 2.14. The molecule has 10 nitrogen and oxygen atoms in total. The molecular weight excluding hydrogens is 697 g/mol. The van der Waals surface area contributed by atoms with Gasteiger partial charge in [-0.1, -0.05) is 54.7 Å². The van der Waals surface area contributed by atoms with Gasteiger partial charge in [0.25, 0.3) is 0 Å². The first kappa shape index (κ1) is 40.9. The van der Waals surface area contributed by atoms with Crippen LogP contribution in [-0.2, 0) is 33.7 Å². The summed E-state index contributed by atoms with van der Waals surface area (Å²) in [7, 11) is 3.51. The fourth-order valence-electron chi connectivity index (χ4n) is 8.74. The van der Waals surface area contributed by atoms with E-state index in [-0.39, 0.29) is 35.7 Å². The van der Waals surface area contributed by atoms with Crippen molar-refractivity contribution in [2.45, 2.75) is 161 Å². The van der Waals surface area contributed by atoms with E-state index in [1.54, 1.807) is 10.8 Å². The summed E-state index contributed by atoms with van der Waals surface area (Å²) in [5, 5.41) is 26.2. The van der Waals surface area contributed by atoms with E-state index in [4.69, 9.17) is 15.2 Å². The topological polar surface area (TPSA) is 147 Å². The highest BCUT2D eigenvalue weighted by atomic mass is 33.1. The number of guanidine groups is 1. The first-order chi connectivity index (χ1) is 25.1. The van der Waals surface area contributed by atoms with E-state index >= 15 is 0 Å². The normalized spacial score (nSPS) is 28.9. The van der Waals surface area contributed by atoms with Crippen LogP contribution in [-0.4, -0.2) is 75.5 Å². The maximum atomic E-state index is 13.8. The number of aliphatic hydroxyl groups is 1. The van der Waals surface area contributed by atoms with Crippen LogP contribution in [0.15, 0.2) is 11.1 Å². The Morgan fingerprint density at radius 1 is 1.06 bits per heavy atom. The Hall–Kier alpha value is -2.31. The van der Waals surface area contributed by atoms with Crippen LogP contribution in [0.5, 0.6) is 11.5 Å². The summed E-state index contributed by atoms with van der Waals surface area (Å²) in [5.41, 5.74) is 9.04. The van der Waals surface area contributed by atoms with Crippen LogP contribution in [0.3, 0.4) is 0 Å². The molecule has 0 spiro atoms. The lowest BCUT2D eigenvalue weighted by Gasteiger charge is -2.30. The molecule has 1 saturated heterocycles. The van der Waals surface area contributed by atoms with Gasteiger partial charge in [-0.3, -0.25) is 9.59 Å². The van der Waals surface area contributed by atoms with Gasteiger partial charge in [0, 0.05) is 55.8 Å². The molecule has 1 aromatic carbocycles. The quantitative estimate of drug-likeness (QED) is 0.183. The number of carbonyl (C=O) groups excluding carboxylic acids is 2. The van der Waals surface area contributed by atoms with E-state index in [2.05, 4.69) is 30.2 Å². The number of carbonyl (C=O) groups is 2. The maximum Gasteiger partial charge on any atom is 0.302 e.